The van der Waals surface area contributed by atoms with Crippen LogP contribution < -0.4 is 0 Å². The average molecular weight is 348 g/mol. The number of methoxy groups -OCH3 is 1. The second-order valence-corrected chi connectivity index (χ2v) is 6.15. The number of allylic oxidation sites excluding steroid dienone is 2. The Balaban J connectivity index is 1.92. The Labute approximate surface area is 147 Å². The molecule has 2 aliphatic rings. The number of hydrogen-bond acceptors (Lipinski definition) is 5. The molecule has 0 saturated carbocycles. The third-order valence-electron chi connectivity index (χ3n) is 4.26. The molecule has 7 nitrogen and oxygen atoms in total. The lowest BCUT2D eigenvalue weighted by atomic mass is 10.1. The van der Waals surface area contributed by atoms with Gasteiger partial charge in [0.15, 0.2) is 5.76 Å². The highest BCUT2D eigenvalue weighted by Crippen LogP contribution is 2.20. The van der Waals surface area contributed by atoms with Gasteiger partial charge in [-0.1, -0.05) is 18.2 Å². The van der Waals surface area contributed by atoms with Gasteiger partial charge in [0.1, 0.15) is 0 Å². The number of nitrogens with zero attached hydrogens (tertiary/aromatic N) is 2. The summed E-state index contributed by atoms with van der Waals surface area (Å²) in [4.78, 5) is 38.6. The van der Waals surface area contributed by atoms with E-state index in [9.17, 15) is 19.5 Å². The number of aliphatic hydroxyl groups excluding tert-OH is 1. The summed E-state index contributed by atoms with van der Waals surface area (Å²) in [5.41, 5.74) is 1.15. The van der Waals surface area contributed by atoms with Crippen molar-refractivity contribution in [1.29, 1.82) is 0 Å². The van der Waals surface area contributed by atoms with Gasteiger partial charge in [-0.25, -0.2) is 0 Å². The summed E-state index contributed by atoms with van der Waals surface area (Å²) in [6.07, 6.45) is 8.69. The molecule has 0 spiro atoms. The fourth-order valence-electron chi connectivity index (χ4n) is 2.84. The highest BCUT2D eigenvalue weighted by Gasteiger charge is 2.34. The second kappa shape index (κ2) is 8.50. The first-order valence-corrected chi connectivity index (χ1v) is 8.33. The number of amides is 2. The minimum absolute atomic E-state index is 0.0594. The minimum Gasteiger partial charge on any atom is -0.503 e. The monoisotopic (exact) mass is 348 g/mol. The van der Waals surface area contributed by atoms with Crippen LogP contribution in [-0.2, 0) is 19.1 Å². The molecule has 0 aromatic carbocycles. The lowest BCUT2D eigenvalue weighted by Crippen LogP contribution is -2.33. The Kier molecular flexibility index (Phi) is 6.38. The maximum atomic E-state index is 12.6. The Morgan fingerprint density at radius 3 is 2.76 bits per heavy atom. The zero-order chi connectivity index (χ0) is 18.4. The van der Waals surface area contributed by atoms with E-state index >= 15 is 0 Å². The summed E-state index contributed by atoms with van der Waals surface area (Å²) in [6.45, 7) is 0.777. The Morgan fingerprint density at radius 1 is 1.36 bits per heavy atom. The third kappa shape index (κ3) is 4.71. The molecule has 7 heteroatoms. The van der Waals surface area contributed by atoms with Crippen LogP contribution in [0.3, 0.4) is 0 Å². The van der Waals surface area contributed by atoms with Crippen LogP contribution in [0.25, 0.3) is 0 Å². The predicted molar refractivity (Wildman–Crippen MR) is 91.6 cm³/mol. The summed E-state index contributed by atoms with van der Waals surface area (Å²) in [6, 6.07) is 0. The number of hydrogen-bond donors (Lipinski definition) is 1. The van der Waals surface area contributed by atoms with E-state index in [1.54, 1.807) is 7.05 Å². The first-order chi connectivity index (χ1) is 11.9. The number of carbonyl (C=O) groups excluding carboxylic acids is 3. The van der Waals surface area contributed by atoms with Crippen molar-refractivity contribution in [2.24, 2.45) is 0 Å². The number of esters is 1. The first kappa shape index (κ1) is 18.8. The average Bonchev–Trinajstić information content (AvgIpc) is 2.90. The van der Waals surface area contributed by atoms with E-state index in [1.807, 2.05) is 6.08 Å². The molecule has 0 aromatic rings. The molecule has 0 fully saturated rings. The summed E-state index contributed by atoms with van der Waals surface area (Å²) >= 11 is 0. The van der Waals surface area contributed by atoms with Crippen LogP contribution in [0, 0.1) is 0 Å². The van der Waals surface area contributed by atoms with Crippen LogP contribution in [0.15, 0.2) is 35.1 Å². The van der Waals surface area contributed by atoms with Crippen LogP contribution in [0.1, 0.15) is 25.7 Å². The van der Waals surface area contributed by atoms with E-state index in [1.165, 1.54) is 16.9 Å². The molecule has 136 valence electrons. The zero-order valence-corrected chi connectivity index (χ0v) is 14.7. The normalized spacial score (nSPS) is 17.0. The standard InChI is InChI=1S/C18H24N2O5/c1-19(11-13-7-4-3-5-8-13)17(23)14-12-20(18(24)16(14)22)10-6-9-15(21)25-2/h4,7-8,22H,3,5-6,9-12H2,1-2H3. The number of ether oxygens (including phenoxy) is 1. The van der Waals surface area contributed by atoms with Crippen molar-refractivity contribution in [1.82, 2.24) is 9.80 Å². The number of carbonyl (C=O) groups is 3. The van der Waals surface area contributed by atoms with Gasteiger partial charge < -0.3 is 19.6 Å². The maximum Gasteiger partial charge on any atom is 0.305 e. The summed E-state index contributed by atoms with van der Waals surface area (Å²) in [7, 11) is 2.95. The van der Waals surface area contributed by atoms with Crippen molar-refractivity contribution >= 4 is 17.8 Å². The highest BCUT2D eigenvalue weighted by atomic mass is 16.5. The molecule has 1 N–H and O–H groups in total. The van der Waals surface area contributed by atoms with Crippen molar-refractivity contribution in [3.8, 4) is 0 Å². The van der Waals surface area contributed by atoms with Crippen molar-refractivity contribution in [3.63, 3.8) is 0 Å². The van der Waals surface area contributed by atoms with Crippen molar-refractivity contribution < 1.29 is 24.2 Å². The molecule has 1 aliphatic carbocycles. The predicted octanol–water partition coefficient (Wildman–Crippen LogP) is 1.33. The van der Waals surface area contributed by atoms with E-state index in [4.69, 9.17) is 0 Å². The topological polar surface area (TPSA) is 87.2 Å². The highest BCUT2D eigenvalue weighted by molar-refractivity contribution is 6.06. The molecule has 0 radical (unpaired) electrons. The summed E-state index contributed by atoms with van der Waals surface area (Å²) < 4.78 is 4.55. The van der Waals surface area contributed by atoms with Gasteiger partial charge in [-0.2, -0.15) is 0 Å². The lowest BCUT2D eigenvalue weighted by Gasteiger charge is -2.20. The van der Waals surface area contributed by atoms with Gasteiger partial charge in [0.25, 0.3) is 11.8 Å². The second-order valence-electron chi connectivity index (χ2n) is 6.15. The first-order valence-electron chi connectivity index (χ1n) is 8.33. The maximum absolute atomic E-state index is 12.6. The van der Waals surface area contributed by atoms with E-state index in [2.05, 4.69) is 16.9 Å². The van der Waals surface area contributed by atoms with Crippen LogP contribution in [-0.4, -0.2) is 66.5 Å². The van der Waals surface area contributed by atoms with Gasteiger partial charge in [-0.05, 0) is 24.8 Å². The van der Waals surface area contributed by atoms with Crippen LogP contribution in [0.2, 0.25) is 0 Å². The number of likely N-dealkylation sites (N-methyl/N-ethyl adjacent to an activating group) is 1. The summed E-state index contributed by atoms with van der Waals surface area (Å²) in [5, 5.41) is 10.0. The van der Waals surface area contributed by atoms with Gasteiger partial charge in [-0.3, -0.25) is 14.4 Å². The fourth-order valence-corrected chi connectivity index (χ4v) is 2.84. The third-order valence-corrected chi connectivity index (χ3v) is 4.26. The van der Waals surface area contributed by atoms with E-state index in [0.717, 1.165) is 18.4 Å². The van der Waals surface area contributed by atoms with Gasteiger partial charge in [0.05, 0.1) is 19.2 Å². The van der Waals surface area contributed by atoms with Crippen molar-refractivity contribution in [2.75, 3.05) is 33.8 Å². The van der Waals surface area contributed by atoms with E-state index < -0.39 is 11.7 Å². The van der Waals surface area contributed by atoms with Crippen LogP contribution in [0.4, 0.5) is 0 Å². The lowest BCUT2D eigenvalue weighted by molar-refractivity contribution is -0.141. The molecule has 1 heterocycles. The zero-order valence-electron chi connectivity index (χ0n) is 14.7. The van der Waals surface area contributed by atoms with Crippen LogP contribution >= 0.6 is 0 Å². The molecule has 0 aromatic heterocycles. The van der Waals surface area contributed by atoms with E-state index in [-0.39, 0.29) is 37.0 Å². The van der Waals surface area contributed by atoms with E-state index in [0.29, 0.717) is 13.0 Å². The van der Waals surface area contributed by atoms with Gasteiger partial charge in [-0.15, -0.1) is 0 Å². The largest absolute Gasteiger partial charge is 0.503 e. The van der Waals surface area contributed by atoms with Gasteiger partial charge >= 0.3 is 5.97 Å². The molecule has 1 aliphatic heterocycles. The molecule has 0 bridgehead atoms. The quantitative estimate of drug-likeness (QED) is 0.701. The van der Waals surface area contributed by atoms with Gasteiger partial charge in [0.2, 0.25) is 0 Å². The Morgan fingerprint density at radius 2 is 2.12 bits per heavy atom. The number of rotatable bonds is 7. The molecule has 25 heavy (non-hydrogen) atoms. The number of aliphatic hydroxyl groups is 1. The smallest absolute Gasteiger partial charge is 0.305 e. The molecule has 0 atom stereocenters. The van der Waals surface area contributed by atoms with Crippen molar-refractivity contribution in [2.45, 2.75) is 25.7 Å². The summed E-state index contributed by atoms with van der Waals surface area (Å²) in [5.74, 6) is -1.78. The molecule has 0 saturated heterocycles. The Bertz CT molecular complexity index is 648. The van der Waals surface area contributed by atoms with Crippen LogP contribution in [0.5, 0.6) is 0 Å². The SMILES string of the molecule is COC(=O)CCCN1CC(C(=O)N(C)CC2=CCCC=C2)=C(O)C1=O. The van der Waals surface area contributed by atoms with Crippen molar-refractivity contribution in [3.05, 3.63) is 35.1 Å². The molecular formula is C18H24N2O5. The molecule has 0 unspecified atom stereocenters. The molecule has 2 amide bonds. The molecule has 2 rings (SSSR count). The fraction of sp³-hybridized carbons (Fsp3) is 0.500. The Hall–Kier alpha value is -2.57. The molecular weight excluding hydrogens is 324 g/mol. The van der Waals surface area contributed by atoms with Gasteiger partial charge in [0, 0.05) is 26.6 Å². The minimum atomic E-state index is -0.571.